The van der Waals surface area contributed by atoms with Crippen LogP contribution in [0.25, 0.3) is 0 Å². The van der Waals surface area contributed by atoms with Gasteiger partial charge in [0.05, 0.1) is 91.0 Å². The van der Waals surface area contributed by atoms with E-state index < -0.39 is 95.5 Å². The second-order valence-electron chi connectivity index (χ2n) is 31.4. The van der Waals surface area contributed by atoms with Gasteiger partial charge in [-0.2, -0.15) is 0 Å². The highest BCUT2D eigenvalue weighted by molar-refractivity contribution is 5.94. The lowest BCUT2D eigenvalue weighted by Gasteiger charge is -2.21. The van der Waals surface area contributed by atoms with Gasteiger partial charge in [0.1, 0.15) is 49.8 Å². The summed E-state index contributed by atoms with van der Waals surface area (Å²) in [5.74, 6) is -11.0. The van der Waals surface area contributed by atoms with Crippen LogP contribution in [0.1, 0.15) is 279 Å². The molecule has 12 N–H and O–H groups in total. The molecular weight excluding hydrogens is 1630 g/mol. The third-order valence-corrected chi connectivity index (χ3v) is 20.4. The molecule has 1 rings (SSSR count). The first-order chi connectivity index (χ1) is 60.2. The van der Waals surface area contributed by atoms with Crippen LogP contribution in [-0.2, 0) is 121 Å². The molecule has 1 heterocycles. The summed E-state index contributed by atoms with van der Waals surface area (Å²) in [5, 5.41) is 55.6. The molecule has 1 unspecified atom stereocenters. The number of aromatic nitrogens is 2. The smallest absolute Gasteiger partial charge is 0.326 e. The highest BCUT2D eigenvalue weighted by atomic mass is 16.5. The molecule has 5 atom stereocenters. The van der Waals surface area contributed by atoms with Gasteiger partial charge in [-0.3, -0.25) is 71.9 Å². The number of carbonyl (C=O) groups is 16. The van der Waals surface area contributed by atoms with Crippen LogP contribution in [-0.4, -0.2) is 275 Å². The predicted molar refractivity (Wildman–Crippen MR) is 464 cm³/mol. The first-order valence-corrected chi connectivity index (χ1v) is 45.3. The zero-order chi connectivity index (χ0) is 92.0. The maximum atomic E-state index is 14.1. The number of nitrogens with zero attached hydrogens (tertiary/aromatic N) is 1. The Labute approximate surface area is 739 Å². The molecule has 0 saturated carbocycles. The van der Waals surface area contributed by atoms with Gasteiger partial charge in [-0.25, -0.2) is 9.78 Å². The fourth-order valence-corrected chi connectivity index (χ4v) is 13.1. The molecule has 37 heteroatoms. The third kappa shape index (κ3) is 72.2. The van der Waals surface area contributed by atoms with Gasteiger partial charge in [-0.1, -0.05) is 116 Å². The van der Waals surface area contributed by atoms with Crippen LogP contribution in [0.3, 0.4) is 0 Å². The molecule has 37 nitrogen and oxygen atoms in total. The van der Waals surface area contributed by atoms with E-state index in [1.54, 1.807) is 6.20 Å². The maximum Gasteiger partial charge on any atom is 0.326 e. The SMILES string of the molecule is CC(=O)[C@H](CCCCNC(=O)CCC(NC(=O)COCCOCCNC(=O)COCCOCCCC(=O)CCCCCCCCCCCCC(=O)O)C(=O)O)CC(=O)[C@H](CCCCNC(=O)CC[C@H](CC(=O)COCCOCCNC(=O)COCCOCCNC(=O)CCCCCCCCCCCCC(=O)O)C(=O)O)CC(=O)[C@H](C)NC(=O)CCc1cnc[nH]1.[HH].[HH]. The molecule has 0 aliphatic carbocycles. The number of hydrogen-bond acceptors (Lipinski definition) is 25. The molecule has 0 aliphatic rings. The normalized spacial score (nSPS) is 12.4. The predicted octanol–water partition coefficient (Wildman–Crippen LogP) is 7.80. The summed E-state index contributed by atoms with van der Waals surface area (Å²) in [6.07, 6.45) is 27.0. The number of carbonyl (C=O) groups excluding carboxylic acids is 12. The summed E-state index contributed by atoms with van der Waals surface area (Å²) >= 11 is 0. The number of nitrogens with one attached hydrogen (secondary N) is 8. The van der Waals surface area contributed by atoms with Crippen LogP contribution in [0.15, 0.2) is 12.5 Å². The number of rotatable bonds is 91. The summed E-state index contributed by atoms with van der Waals surface area (Å²) in [6, 6.07) is -2.35. The topological polar surface area (TPSA) is 541 Å². The standard InChI is InChI=1S/C88H149N9O28.2H2/c1-67(96-81(106)39-36-72-61-89-66-95-72)76(101)60-70(29-24-26-42-90-79(104)38-35-71(87(114)115)58-74(100)62-122-54-51-120-48-44-93-83(108)64-124-56-52-119-47-43-92-78(103)32-20-16-12-8-4-6-10-14-18-22-34-86(112)113)77(102)59-69(68(2)98)28-23-25-41-91-80(105)40-37-75(88(116)117)97-84(109)65-125-57-53-121-49-45-94-82(107)63-123-55-50-118-46-27-31-73(99)30-19-15-11-7-3-5-9-13-17-21-33-85(110)111;;/h61,66-67,69-71,75H,3-60,62-65H2,1-2H3,(H,89,95)(H,90,104)(H,91,105)(H,92,103)(H,93,108)(H,94,107)(H,96,106)(H,97,109)(H,110,111)(H,112,113)(H,114,115)(H,116,117);2*1H/t67-,69+,70+,71+,75?;;/m0../s1. The van der Waals surface area contributed by atoms with Gasteiger partial charge in [-0.05, 0) is 90.9 Å². The molecule has 0 bridgehead atoms. The summed E-state index contributed by atoms with van der Waals surface area (Å²) in [4.78, 5) is 205. The van der Waals surface area contributed by atoms with Crippen molar-refractivity contribution in [3.05, 3.63) is 18.2 Å². The van der Waals surface area contributed by atoms with Crippen molar-refractivity contribution in [1.82, 2.24) is 47.2 Å². The molecular formula is C88H153N9O28. The maximum absolute atomic E-state index is 14.1. The number of carboxylic acid groups (broad SMARTS) is 4. The largest absolute Gasteiger partial charge is 0.481 e. The van der Waals surface area contributed by atoms with E-state index in [0.717, 1.165) is 134 Å². The van der Waals surface area contributed by atoms with Gasteiger partial charge >= 0.3 is 23.9 Å². The van der Waals surface area contributed by atoms with E-state index in [2.05, 4.69) is 47.2 Å². The Morgan fingerprint density at radius 2 is 0.736 bits per heavy atom. The van der Waals surface area contributed by atoms with Gasteiger partial charge in [0.15, 0.2) is 11.6 Å². The second-order valence-corrected chi connectivity index (χ2v) is 31.4. The number of aliphatic carboxylic acids is 4. The number of amides is 7. The van der Waals surface area contributed by atoms with E-state index in [1.807, 2.05) is 0 Å². The summed E-state index contributed by atoms with van der Waals surface area (Å²) < 4.78 is 43.2. The number of imidazole rings is 1. The lowest BCUT2D eigenvalue weighted by Crippen LogP contribution is -2.43. The minimum Gasteiger partial charge on any atom is -0.481 e. The fraction of sp³-hybridized carbons (Fsp3) is 0.784. The van der Waals surface area contributed by atoms with E-state index >= 15 is 0 Å². The number of aryl methyl sites for hydroxylation is 1. The van der Waals surface area contributed by atoms with Gasteiger partial charge in [0, 0.05) is 137 Å². The average Bonchev–Trinajstić information content (AvgIpc) is 0.909. The monoisotopic (exact) mass is 1780 g/mol. The van der Waals surface area contributed by atoms with E-state index in [4.69, 9.17) is 48.1 Å². The molecule has 0 radical (unpaired) electrons. The van der Waals surface area contributed by atoms with Crippen LogP contribution in [0, 0.1) is 17.8 Å². The van der Waals surface area contributed by atoms with E-state index in [1.165, 1.54) is 20.2 Å². The molecule has 0 spiro atoms. The highest BCUT2D eigenvalue weighted by Crippen LogP contribution is 2.24. The Morgan fingerprint density at radius 1 is 0.336 bits per heavy atom. The lowest BCUT2D eigenvalue weighted by molar-refractivity contribution is -0.145. The van der Waals surface area contributed by atoms with Gasteiger partial charge in [-0.15, -0.1) is 0 Å². The minimum absolute atomic E-state index is 0. The number of aromatic amines is 1. The first kappa shape index (κ1) is 114. The number of hydrogen-bond donors (Lipinski definition) is 12. The molecule has 0 aromatic carbocycles. The van der Waals surface area contributed by atoms with Gasteiger partial charge in [0.25, 0.3) is 0 Å². The second kappa shape index (κ2) is 78.9. The molecule has 0 saturated heterocycles. The van der Waals surface area contributed by atoms with Crippen molar-refractivity contribution < 1.29 is 138 Å². The number of H-pyrrole nitrogens is 1. The number of ether oxygens (including phenoxy) is 8. The van der Waals surface area contributed by atoms with Crippen molar-refractivity contribution in [3.8, 4) is 0 Å². The first-order valence-electron chi connectivity index (χ1n) is 45.3. The molecule has 0 aliphatic heterocycles. The highest BCUT2D eigenvalue weighted by Gasteiger charge is 2.30. The summed E-state index contributed by atoms with van der Waals surface area (Å²) in [5.41, 5.74) is 0.725. The quantitative estimate of drug-likeness (QED) is 0.0277. The molecule has 718 valence electrons. The minimum atomic E-state index is -1.40. The van der Waals surface area contributed by atoms with E-state index in [0.29, 0.717) is 77.5 Å². The number of ketones is 5. The van der Waals surface area contributed by atoms with Crippen molar-refractivity contribution in [1.29, 1.82) is 0 Å². The third-order valence-electron chi connectivity index (χ3n) is 20.4. The Hall–Kier alpha value is -8.59. The van der Waals surface area contributed by atoms with Crippen LogP contribution >= 0.6 is 0 Å². The van der Waals surface area contributed by atoms with Crippen LogP contribution in [0.5, 0.6) is 0 Å². The molecule has 0 fully saturated rings. The zero-order valence-corrected chi connectivity index (χ0v) is 74.4. The van der Waals surface area contributed by atoms with Crippen LogP contribution < -0.4 is 37.2 Å². The lowest BCUT2D eigenvalue weighted by atomic mass is 9.83. The number of unbranched alkanes of at least 4 members (excludes halogenated alkanes) is 20. The molecule has 1 aromatic heterocycles. The van der Waals surface area contributed by atoms with Crippen molar-refractivity contribution in [2.75, 3.05) is 138 Å². The van der Waals surface area contributed by atoms with Crippen LogP contribution in [0.4, 0.5) is 0 Å². The summed E-state index contributed by atoms with van der Waals surface area (Å²) in [7, 11) is 0. The Balaban J connectivity index is 0. The fourth-order valence-electron chi connectivity index (χ4n) is 13.1. The van der Waals surface area contributed by atoms with Crippen molar-refractivity contribution in [2.45, 2.75) is 289 Å². The van der Waals surface area contributed by atoms with Gasteiger partial charge < -0.3 is 101 Å². The van der Waals surface area contributed by atoms with Crippen LogP contribution in [0.2, 0.25) is 0 Å². The van der Waals surface area contributed by atoms with E-state index in [9.17, 15) is 86.9 Å². The molecule has 7 amide bonds. The Bertz CT molecular complexity index is 3200. The Kier molecular flexibility index (Phi) is 72.2. The average molecular weight is 1790 g/mol. The number of Topliss-reactive ketones (excluding diaryl/α,β-unsaturated/α-hetero) is 5. The van der Waals surface area contributed by atoms with Crippen molar-refractivity contribution in [3.63, 3.8) is 0 Å². The van der Waals surface area contributed by atoms with Crippen molar-refractivity contribution >= 4 is 94.1 Å². The van der Waals surface area contributed by atoms with Crippen molar-refractivity contribution in [2.24, 2.45) is 17.8 Å². The Morgan fingerprint density at radius 3 is 1.20 bits per heavy atom. The zero-order valence-electron chi connectivity index (χ0n) is 74.4. The van der Waals surface area contributed by atoms with E-state index in [-0.39, 0.29) is 227 Å². The van der Waals surface area contributed by atoms with Gasteiger partial charge in [0.2, 0.25) is 41.4 Å². The summed E-state index contributed by atoms with van der Waals surface area (Å²) in [6.45, 7) is 4.70. The number of carboxylic acids is 4. The molecule has 1 aromatic rings. The molecule has 125 heavy (non-hydrogen) atoms.